The van der Waals surface area contributed by atoms with Crippen LogP contribution in [0.3, 0.4) is 0 Å². The van der Waals surface area contributed by atoms with Crippen molar-refractivity contribution < 1.29 is 9.84 Å². The normalized spacial score (nSPS) is 17.7. The van der Waals surface area contributed by atoms with Crippen molar-refractivity contribution in [2.75, 3.05) is 7.11 Å². The molecule has 0 heterocycles. The molecule has 1 aliphatic rings. The van der Waals surface area contributed by atoms with E-state index in [0.717, 1.165) is 25.0 Å². The van der Waals surface area contributed by atoms with Gasteiger partial charge in [0, 0.05) is 6.42 Å². The van der Waals surface area contributed by atoms with Gasteiger partial charge in [-0.05, 0) is 47.9 Å². The zero-order chi connectivity index (χ0) is 13.6. The summed E-state index contributed by atoms with van der Waals surface area (Å²) in [5.74, 6) is 0.937. The van der Waals surface area contributed by atoms with Gasteiger partial charge in [0.15, 0.2) is 0 Å². The minimum atomic E-state index is -0.445. The lowest BCUT2D eigenvalue weighted by Crippen LogP contribution is -2.16. The van der Waals surface area contributed by atoms with Gasteiger partial charge in [-0.2, -0.15) is 0 Å². The van der Waals surface area contributed by atoms with E-state index in [9.17, 15) is 5.11 Å². The maximum Gasteiger partial charge on any atom is 0.122 e. The third-order valence-corrected chi connectivity index (χ3v) is 3.81. The van der Waals surface area contributed by atoms with Crippen LogP contribution >= 0.6 is 0 Å². The summed E-state index contributed by atoms with van der Waals surface area (Å²) in [5.41, 5.74) is 3.32. The molecule has 18 heavy (non-hydrogen) atoms. The number of aliphatic hydroxyl groups is 1. The van der Waals surface area contributed by atoms with Gasteiger partial charge in [0.2, 0.25) is 0 Å². The van der Waals surface area contributed by atoms with Gasteiger partial charge < -0.3 is 9.84 Å². The highest BCUT2D eigenvalue weighted by atomic mass is 16.5. The molecule has 0 unspecified atom stereocenters. The molecule has 1 aliphatic carbocycles. The Morgan fingerprint density at radius 2 is 1.89 bits per heavy atom. The Morgan fingerprint density at radius 1 is 1.28 bits per heavy atom. The number of hydrogen-bond donors (Lipinski definition) is 1. The maximum absolute atomic E-state index is 10.1. The molecule has 0 atom stereocenters. The van der Waals surface area contributed by atoms with Crippen LogP contribution in [-0.4, -0.2) is 17.8 Å². The zero-order valence-corrected chi connectivity index (χ0v) is 12.1. The number of rotatable bonds is 3. The van der Waals surface area contributed by atoms with Gasteiger partial charge in [0.1, 0.15) is 5.75 Å². The second-order valence-electron chi connectivity index (χ2n) is 6.63. The van der Waals surface area contributed by atoms with E-state index in [1.54, 1.807) is 7.11 Å². The minimum absolute atomic E-state index is 0.0745. The van der Waals surface area contributed by atoms with E-state index in [1.165, 1.54) is 16.7 Å². The summed E-state index contributed by atoms with van der Waals surface area (Å²) >= 11 is 0. The highest BCUT2D eigenvalue weighted by molar-refractivity contribution is 5.46. The summed E-state index contributed by atoms with van der Waals surface area (Å²) in [4.78, 5) is 0. The quantitative estimate of drug-likeness (QED) is 0.888. The topological polar surface area (TPSA) is 29.5 Å². The molecule has 1 fully saturated rings. The Kier molecular flexibility index (Phi) is 3.18. The van der Waals surface area contributed by atoms with Crippen molar-refractivity contribution >= 4 is 0 Å². The minimum Gasteiger partial charge on any atom is -0.496 e. The van der Waals surface area contributed by atoms with Gasteiger partial charge in [-0.1, -0.05) is 26.8 Å². The molecular weight excluding hydrogens is 224 g/mol. The third kappa shape index (κ3) is 2.69. The molecule has 0 aliphatic heterocycles. The predicted octanol–water partition coefficient (Wildman–Crippen LogP) is 3.37. The number of ether oxygens (including phenoxy) is 1. The average Bonchev–Trinajstić information content (AvgIpc) is 2.97. The molecule has 1 aromatic carbocycles. The van der Waals surface area contributed by atoms with Crippen LogP contribution in [0, 0.1) is 6.92 Å². The molecule has 2 rings (SSSR count). The molecule has 0 saturated heterocycles. The Balaban J connectivity index is 2.39. The highest BCUT2D eigenvalue weighted by Gasteiger charge is 2.40. The van der Waals surface area contributed by atoms with E-state index >= 15 is 0 Å². The van der Waals surface area contributed by atoms with Crippen molar-refractivity contribution in [3.63, 3.8) is 0 Å². The van der Waals surface area contributed by atoms with Crippen LogP contribution in [0.5, 0.6) is 5.75 Å². The van der Waals surface area contributed by atoms with E-state index < -0.39 is 5.60 Å². The molecule has 0 amide bonds. The van der Waals surface area contributed by atoms with E-state index in [1.807, 2.05) is 0 Å². The summed E-state index contributed by atoms with van der Waals surface area (Å²) in [6, 6.07) is 4.31. The standard InChI is InChI=1S/C16H24O2/c1-11-8-13(15(2,3)4)14(18-5)9-12(11)10-16(17)6-7-16/h8-9,17H,6-7,10H2,1-5H3. The van der Waals surface area contributed by atoms with Gasteiger partial charge >= 0.3 is 0 Å². The molecule has 100 valence electrons. The molecule has 2 nitrogen and oxygen atoms in total. The fourth-order valence-corrected chi connectivity index (χ4v) is 2.35. The van der Waals surface area contributed by atoms with E-state index in [0.29, 0.717) is 0 Å². The van der Waals surface area contributed by atoms with Gasteiger partial charge in [-0.25, -0.2) is 0 Å². The van der Waals surface area contributed by atoms with Crippen molar-refractivity contribution in [3.8, 4) is 5.75 Å². The molecule has 0 aromatic heterocycles. The van der Waals surface area contributed by atoms with Crippen LogP contribution < -0.4 is 4.74 Å². The molecule has 1 saturated carbocycles. The second-order valence-corrected chi connectivity index (χ2v) is 6.63. The summed E-state index contributed by atoms with van der Waals surface area (Å²) < 4.78 is 5.52. The van der Waals surface area contributed by atoms with Crippen LogP contribution in [0.2, 0.25) is 0 Å². The third-order valence-electron chi connectivity index (χ3n) is 3.81. The van der Waals surface area contributed by atoms with Gasteiger partial charge in [-0.3, -0.25) is 0 Å². The summed E-state index contributed by atoms with van der Waals surface area (Å²) in [6.45, 7) is 8.70. The lowest BCUT2D eigenvalue weighted by atomic mass is 9.84. The van der Waals surface area contributed by atoms with Crippen molar-refractivity contribution in [2.24, 2.45) is 0 Å². The van der Waals surface area contributed by atoms with Crippen LogP contribution in [0.1, 0.15) is 50.3 Å². The van der Waals surface area contributed by atoms with Crippen LogP contribution in [-0.2, 0) is 11.8 Å². The van der Waals surface area contributed by atoms with Crippen LogP contribution in [0.15, 0.2) is 12.1 Å². The SMILES string of the molecule is COc1cc(CC2(O)CC2)c(C)cc1C(C)(C)C. The molecular formula is C16H24O2. The number of methoxy groups -OCH3 is 1. The Labute approximate surface area is 110 Å². The number of aryl methyl sites for hydroxylation is 1. The van der Waals surface area contributed by atoms with E-state index in [2.05, 4.69) is 39.8 Å². The smallest absolute Gasteiger partial charge is 0.122 e. The van der Waals surface area contributed by atoms with Gasteiger partial charge in [-0.15, -0.1) is 0 Å². The second kappa shape index (κ2) is 4.27. The molecule has 1 aromatic rings. The first-order chi connectivity index (χ1) is 8.25. The first kappa shape index (κ1) is 13.4. The fraction of sp³-hybridized carbons (Fsp3) is 0.625. The Hall–Kier alpha value is -1.02. The van der Waals surface area contributed by atoms with E-state index in [4.69, 9.17) is 4.74 Å². The molecule has 0 radical (unpaired) electrons. The summed E-state index contributed by atoms with van der Waals surface area (Å²) in [6.07, 6.45) is 2.60. The predicted molar refractivity (Wildman–Crippen MR) is 74.3 cm³/mol. The van der Waals surface area contributed by atoms with Crippen LogP contribution in [0.25, 0.3) is 0 Å². The summed E-state index contributed by atoms with van der Waals surface area (Å²) in [7, 11) is 1.72. The Bertz CT molecular complexity index is 451. The van der Waals surface area contributed by atoms with Crippen molar-refractivity contribution in [2.45, 2.75) is 58.0 Å². The largest absolute Gasteiger partial charge is 0.496 e. The maximum atomic E-state index is 10.1. The lowest BCUT2D eigenvalue weighted by Gasteiger charge is -2.24. The van der Waals surface area contributed by atoms with Crippen molar-refractivity contribution in [1.29, 1.82) is 0 Å². The van der Waals surface area contributed by atoms with E-state index in [-0.39, 0.29) is 5.41 Å². The fourth-order valence-electron chi connectivity index (χ4n) is 2.35. The molecule has 0 spiro atoms. The number of hydrogen-bond acceptors (Lipinski definition) is 2. The van der Waals surface area contributed by atoms with Crippen molar-refractivity contribution in [1.82, 2.24) is 0 Å². The average molecular weight is 248 g/mol. The lowest BCUT2D eigenvalue weighted by molar-refractivity contribution is 0.150. The Morgan fingerprint density at radius 3 is 2.33 bits per heavy atom. The van der Waals surface area contributed by atoms with Crippen molar-refractivity contribution in [3.05, 3.63) is 28.8 Å². The van der Waals surface area contributed by atoms with Gasteiger partial charge in [0.25, 0.3) is 0 Å². The first-order valence-corrected chi connectivity index (χ1v) is 6.65. The van der Waals surface area contributed by atoms with Crippen LogP contribution in [0.4, 0.5) is 0 Å². The first-order valence-electron chi connectivity index (χ1n) is 6.65. The highest BCUT2D eigenvalue weighted by Crippen LogP contribution is 2.41. The molecule has 1 N–H and O–H groups in total. The molecule has 0 bridgehead atoms. The van der Waals surface area contributed by atoms with Gasteiger partial charge in [0.05, 0.1) is 12.7 Å². The zero-order valence-electron chi connectivity index (χ0n) is 12.1. The molecule has 2 heteroatoms. The summed E-state index contributed by atoms with van der Waals surface area (Å²) in [5, 5.41) is 10.1. The number of benzene rings is 1. The monoisotopic (exact) mass is 248 g/mol.